The average molecular weight is 257 g/mol. The van der Waals surface area contributed by atoms with Gasteiger partial charge in [0, 0.05) is 6.04 Å². The number of nitrogens with one attached hydrogen (secondary N) is 1. The van der Waals surface area contributed by atoms with Crippen molar-refractivity contribution in [2.24, 2.45) is 17.8 Å². The first kappa shape index (κ1) is 13.2. The van der Waals surface area contributed by atoms with Crippen molar-refractivity contribution in [1.29, 1.82) is 0 Å². The first-order chi connectivity index (χ1) is 9.36. The summed E-state index contributed by atoms with van der Waals surface area (Å²) in [4.78, 5) is 0. The SMILES string of the molecule is CCCNC(CCc1ccccc1)C1CC2CC2C1. The Kier molecular flexibility index (Phi) is 4.22. The fourth-order valence-electron chi connectivity index (χ4n) is 3.89. The molecule has 1 aromatic rings. The Morgan fingerprint density at radius 1 is 1.11 bits per heavy atom. The van der Waals surface area contributed by atoms with Crippen LogP contribution in [0.15, 0.2) is 30.3 Å². The molecule has 2 aliphatic rings. The van der Waals surface area contributed by atoms with Crippen molar-refractivity contribution in [3.8, 4) is 0 Å². The molecule has 3 atom stereocenters. The van der Waals surface area contributed by atoms with E-state index in [2.05, 4.69) is 42.6 Å². The van der Waals surface area contributed by atoms with Gasteiger partial charge >= 0.3 is 0 Å². The van der Waals surface area contributed by atoms with Crippen molar-refractivity contribution in [2.75, 3.05) is 6.54 Å². The Morgan fingerprint density at radius 3 is 2.53 bits per heavy atom. The van der Waals surface area contributed by atoms with Crippen LogP contribution in [0.25, 0.3) is 0 Å². The number of benzene rings is 1. The van der Waals surface area contributed by atoms with Crippen molar-refractivity contribution in [1.82, 2.24) is 5.32 Å². The van der Waals surface area contributed by atoms with Gasteiger partial charge in [-0.1, -0.05) is 37.3 Å². The molecule has 0 saturated heterocycles. The second-order valence-corrected chi connectivity index (χ2v) is 6.57. The highest BCUT2D eigenvalue weighted by atomic mass is 14.9. The summed E-state index contributed by atoms with van der Waals surface area (Å²) in [5, 5.41) is 3.82. The number of hydrogen-bond donors (Lipinski definition) is 1. The van der Waals surface area contributed by atoms with Gasteiger partial charge in [0.05, 0.1) is 0 Å². The lowest BCUT2D eigenvalue weighted by Gasteiger charge is -2.26. The van der Waals surface area contributed by atoms with E-state index in [1.165, 1.54) is 50.6 Å². The van der Waals surface area contributed by atoms with Crippen LogP contribution in [0.5, 0.6) is 0 Å². The molecule has 0 spiro atoms. The summed E-state index contributed by atoms with van der Waals surface area (Å²) in [5.74, 6) is 3.17. The molecule has 1 nitrogen and oxygen atoms in total. The minimum atomic E-state index is 0.757. The molecule has 0 aliphatic heterocycles. The molecule has 2 aliphatic carbocycles. The van der Waals surface area contributed by atoms with Crippen LogP contribution in [-0.2, 0) is 6.42 Å². The quantitative estimate of drug-likeness (QED) is 0.777. The topological polar surface area (TPSA) is 12.0 Å². The lowest BCUT2D eigenvalue weighted by molar-refractivity contribution is 0.319. The van der Waals surface area contributed by atoms with E-state index < -0.39 is 0 Å². The van der Waals surface area contributed by atoms with Gasteiger partial charge < -0.3 is 5.32 Å². The Labute approximate surface area is 117 Å². The van der Waals surface area contributed by atoms with Crippen molar-refractivity contribution < 1.29 is 0 Å². The standard InChI is InChI=1S/C18H27N/c1-2-10-19-18(17-12-15-11-16(15)13-17)9-8-14-6-4-3-5-7-14/h3-7,15-19H,2,8-13H2,1H3. The largest absolute Gasteiger partial charge is 0.314 e. The summed E-state index contributed by atoms with van der Waals surface area (Å²) in [6.07, 6.45) is 8.33. The Balaban J connectivity index is 1.53. The van der Waals surface area contributed by atoms with E-state index in [9.17, 15) is 0 Å². The molecule has 0 radical (unpaired) electrons. The average Bonchev–Trinajstić information content (AvgIpc) is 3.06. The number of aryl methyl sites for hydroxylation is 1. The van der Waals surface area contributed by atoms with Crippen LogP contribution in [0.4, 0.5) is 0 Å². The molecule has 104 valence electrons. The van der Waals surface area contributed by atoms with Gasteiger partial charge in [0.15, 0.2) is 0 Å². The first-order valence-electron chi connectivity index (χ1n) is 8.14. The van der Waals surface area contributed by atoms with Crippen LogP contribution >= 0.6 is 0 Å². The highest BCUT2D eigenvalue weighted by molar-refractivity contribution is 5.15. The molecule has 19 heavy (non-hydrogen) atoms. The van der Waals surface area contributed by atoms with E-state index in [1.54, 1.807) is 0 Å². The molecule has 3 unspecified atom stereocenters. The van der Waals surface area contributed by atoms with E-state index in [0.29, 0.717) is 0 Å². The van der Waals surface area contributed by atoms with Crippen LogP contribution in [0.1, 0.15) is 44.6 Å². The van der Waals surface area contributed by atoms with E-state index in [1.807, 2.05) is 0 Å². The van der Waals surface area contributed by atoms with E-state index in [0.717, 1.165) is 23.8 Å². The molecular weight excluding hydrogens is 230 g/mol. The van der Waals surface area contributed by atoms with Crippen LogP contribution in [0.3, 0.4) is 0 Å². The van der Waals surface area contributed by atoms with Gasteiger partial charge in [-0.05, 0) is 68.4 Å². The fraction of sp³-hybridized carbons (Fsp3) is 0.667. The predicted molar refractivity (Wildman–Crippen MR) is 81.2 cm³/mol. The maximum Gasteiger partial charge on any atom is 0.00986 e. The highest BCUT2D eigenvalue weighted by Crippen LogP contribution is 2.55. The summed E-state index contributed by atoms with van der Waals surface area (Å²) in [6.45, 7) is 3.46. The maximum atomic E-state index is 3.82. The van der Waals surface area contributed by atoms with Crippen LogP contribution in [0.2, 0.25) is 0 Å². The van der Waals surface area contributed by atoms with Gasteiger partial charge in [-0.2, -0.15) is 0 Å². The van der Waals surface area contributed by atoms with Gasteiger partial charge in [-0.25, -0.2) is 0 Å². The minimum Gasteiger partial charge on any atom is -0.314 e. The summed E-state index contributed by atoms with van der Waals surface area (Å²) in [7, 11) is 0. The van der Waals surface area contributed by atoms with Crippen molar-refractivity contribution in [3.63, 3.8) is 0 Å². The zero-order valence-corrected chi connectivity index (χ0v) is 12.1. The summed E-state index contributed by atoms with van der Waals surface area (Å²) < 4.78 is 0. The third-order valence-electron chi connectivity index (χ3n) is 5.09. The van der Waals surface area contributed by atoms with Gasteiger partial charge in [0.1, 0.15) is 0 Å². The number of rotatable bonds is 7. The molecule has 3 rings (SSSR count). The van der Waals surface area contributed by atoms with Crippen molar-refractivity contribution >= 4 is 0 Å². The van der Waals surface area contributed by atoms with Gasteiger partial charge in [-0.15, -0.1) is 0 Å². The Morgan fingerprint density at radius 2 is 1.84 bits per heavy atom. The fourth-order valence-corrected chi connectivity index (χ4v) is 3.89. The number of hydrogen-bond acceptors (Lipinski definition) is 1. The Hall–Kier alpha value is -0.820. The molecule has 1 aromatic carbocycles. The highest BCUT2D eigenvalue weighted by Gasteiger charge is 2.47. The van der Waals surface area contributed by atoms with E-state index in [-0.39, 0.29) is 0 Å². The predicted octanol–water partition coefficient (Wildman–Crippen LogP) is 4.03. The van der Waals surface area contributed by atoms with Crippen molar-refractivity contribution in [2.45, 2.75) is 51.5 Å². The molecule has 2 fully saturated rings. The third kappa shape index (κ3) is 3.39. The molecule has 1 N–H and O–H groups in total. The second-order valence-electron chi connectivity index (χ2n) is 6.57. The van der Waals surface area contributed by atoms with E-state index in [4.69, 9.17) is 0 Å². The summed E-state index contributed by atoms with van der Waals surface area (Å²) in [5.41, 5.74) is 1.49. The normalized spacial score (nSPS) is 30.1. The molecule has 1 heteroatoms. The zero-order chi connectivity index (χ0) is 13.1. The van der Waals surface area contributed by atoms with Crippen LogP contribution in [0, 0.1) is 17.8 Å². The molecule has 2 saturated carbocycles. The monoisotopic (exact) mass is 257 g/mol. The third-order valence-corrected chi connectivity index (χ3v) is 5.09. The van der Waals surface area contributed by atoms with Crippen LogP contribution in [-0.4, -0.2) is 12.6 Å². The van der Waals surface area contributed by atoms with E-state index >= 15 is 0 Å². The van der Waals surface area contributed by atoms with Crippen molar-refractivity contribution in [3.05, 3.63) is 35.9 Å². The molecule has 0 aromatic heterocycles. The minimum absolute atomic E-state index is 0.757. The van der Waals surface area contributed by atoms with Gasteiger partial charge in [0.25, 0.3) is 0 Å². The van der Waals surface area contributed by atoms with Gasteiger partial charge in [-0.3, -0.25) is 0 Å². The maximum absolute atomic E-state index is 3.82. The smallest absolute Gasteiger partial charge is 0.00986 e. The molecule has 0 bridgehead atoms. The van der Waals surface area contributed by atoms with Gasteiger partial charge in [0.2, 0.25) is 0 Å². The second kappa shape index (κ2) is 6.09. The van der Waals surface area contributed by atoms with Crippen LogP contribution < -0.4 is 5.32 Å². The molecular formula is C18H27N. The first-order valence-corrected chi connectivity index (χ1v) is 8.14. The summed E-state index contributed by atoms with van der Waals surface area (Å²) in [6, 6.07) is 11.7. The lowest BCUT2D eigenvalue weighted by atomic mass is 9.90. The number of fused-ring (bicyclic) bond motifs is 1. The molecule has 0 heterocycles. The lowest BCUT2D eigenvalue weighted by Crippen LogP contribution is -2.36. The zero-order valence-electron chi connectivity index (χ0n) is 12.1. The summed E-state index contributed by atoms with van der Waals surface area (Å²) >= 11 is 0. The molecule has 0 amide bonds. The Bertz CT molecular complexity index is 376.